The molecule has 180 valence electrons. The number of aryl methyl sites for hydroxylation is 2. The van der Waals surface area contributed by atoms with E-state index in [9.17, 15) is 14.4 Å². The maximum atomic E-state index is 13.7. The lowest BCUT2D eigenvalue weighted by molar-refractivity contribution is 0.0611. The molecular weight excluding hydrogens is 452 g/mol. The smallest absolute Gasteiger partial charge is 0.261 e. The predicted molar refractivity (Wildman–Crippen MR) is 140 cm³/mol. The molecule has 0 radical (unpaired) electrons. The van der Waals surface area contributed by atoms with Gasteiger partial charge in [0.05, 0.1) is 7.11 Å². The van der Waals surface area contributed by atoms with Crippen LogP contribution in [0.15, 0.2) is 78.9 Å². The van der Waals surface area contributed by atoms with E-state index in [-0.39, 0.29) is 30.8 Å². The number of hydrogen-bond donors (Lipinski definition) is 0. The summed E-state index contributed by atoms with van der Waals surface area (Å²) < 4.78 is 5.37. The van der Waals surface area contributed by atoms with Crippen LogP contribution in [0.5, 0.6) is 5.75 Å². The maximum Gasteiger partial charge on any atom is 0.261 e. The van der Waals surface area contributed by atoms with Crippen LogP contribution < -0.4 is 9.64 Å². The lowest BCUT2D eigenvalue weighted by Crippen LogP contribution is -2.46. The molecule has 1 heterocycles. The number of carbonyl (C=O) groups excluding carboxylic acids is 3. The van der Waals surface area contributed by atoms with Crippen molar-refractivity contribution in [2.45, 2.75) is 13.8 Å². The van der Waals surface area contributed by atoms with Crippen molar-refractivity contribution in [2.24, 2.45) is 0 Å². The third-order valence-corrected chi connectivity index (χ3v) is 6.48. The molecule has 0 aromatic heterocycles. The molecule has 5 rings (SSSR count). The Morgan fingerprint density at radius 1 is 0.833 bits per heavy atom. The summed E-state index contributed by atoms with van der Waals surface area (Å²) in [6.45, 7) is 4.08. The normalized spacial score (nSPS) is 12.7. The summed E-state index contributed by atoms with van der Waals surface area (Å²) in [5, 5.41) is 1.54. The minimum Gasteiger partial charge on any atom is -0.497 e. The largest absolute Gasteiger partial charge is 0.497 e. The van der Waals surface area contributed by atoms with Gasteiger partial charge in [-0.1, -0.05) is 47.5 Å². The fourth-order valence-electron chi connectivity index (χ4n) is 4.86. The first kappa shape index (κ1) is 23.3. The van der Waals surface area contributed by atoms with E-state index >= 15 is 0 Å². The zero-order valence-corrected chi connectivity index (χ0v) is 20.4. The number of nitrogens with zero attached hydrogens (tertiary/aromatic N) is 2. The predicted octanol–water partition coefficient (Wildman–Crippen LogP) is 5.41. The monoisotopic (exact) mass is 478 g/mol. The molecule has 3 amide bonds. The molecular formula is C30H26N2O4. The second kappa shape index (κ2) is 9.30. The van der Waals surface area contributed by atoms with Crippen LogP contribution in [0.25, 0.3) is 10.8 Å². The highest BCUT2D eigenvalue weighted by Crippen LogP contribution is 2.30. The van der Waals surface area contributed by atoms with Gasteiger partial charge in [0.15, 0.2) is 0 Å². The van der Waals surface area contributed by atoms with Gasteiger partial charge in [0, 0.05) is 46.9 Å². The van der Waals surface area contributed by atoms with Crippen molar-refractivity contribution in [3.8, 4) is 5.75 Å². The number of hydrogen-bond acceptors (Lipinski definition) is 4. The minimum atomic E-state index is -0.353. The average Bonchev–Trinajstić information content (AvgIpc) is 2.88. The van der Waals surface area contributed by atoms with Gasteiger partial charge in [0.25, 0.3) is 17.7 Å². The van der Waals surface area contributed by atoms with E-state index in [1.165, 1.54) is 4.90 Å². The second-order valence-corrected chi connectivity index (χ2v) is 9.01. The van der Waals surface area contributed by atoms with Crippen LogP contribution in [-0.4, -0.2) is 42.8 Å². The minimum absolute atomic E-state index is 0.0517. The molecule has 0 fully saturated rings. The number of imide groups is 1. The Kier molecular flexibility index (Phi) is 6.02. The quantitative estimate of drug-likeness (QED) is 0.348. The van der Waals surface area contributed by atoms with Gasteiger partial charge in [-0.3, -0.25) is 19.3 Å². The molecule has 0 N–H and O–H groups in total. The number of methoxy groups -OCH3 is 1. The molecule has 4 aromatic carbocycles. The summed E-state index contributed by atoms with van der Waals surface area (Å²) in [6, 6.07) is 23.8. The SMILES string of the molecule is COc1cccc(N(CCN2C(=O)c3cccc4cccc(c34)C2=O)C(=O)c2cc(C)cc(C)c2)c1. The molecule has 6 heteroatoms. The Hall–Kier alpha value is -4.45. The van der Waals surface area contributed by atoms with Gasteiger partial charge < -0.3 is 9.64 Å². The van der Waals surface area contributed by atoms with Gasteiger partial charge in [0.2, 0.25) is 0 Å². The molecule has 1 aliphatic rings. The third kappa shape index (κ3) is 4.11. The van der Waals surface area contributed by atoms with E-state index in [1.807, 2.05) is 68.4 Å². The Labute approximate surface area is 209 Å². The molecule has 4 aromatic rings. The molecule has 1 aliphatic heterocycles. The summed E-state index contributed by atoms with van der Waals surface area (Å²) in [6.07, 6.45) is 0. The van der Waals surface area contributed by atoms with Gasteiger partial charge in [-0.2, -0.15) is 0 Å². The molecule has 0 bridgehead atoms. The molecule has 0 atom stereocenters. The van der Waals surface area contributed by atoms with Crippen LogP contribution in [0, 0.1) is 13.8 Å². The van der Waals surface area contributed by atoms with Crippen molar-refractivity contribution in [2.75, 3.05) is 25.1 Å². The van der Waals surface area contributed by atoms with Gasteiger partial charge >= 0.3 is 0 Å². The first-order valence-corrected chi connectivity index (χ1v) is 11.8. The van der Waals surface area contributed by atoms with Gasteiger partial charge in [-0.05, 0) is 55.6 Å². The second-order valence-electron chi connectivity index (χ2n) is 9.01. The zero-order valence-electron chi connectivity index (χ0n) is 20.4. The average molecular weight is 479 g/mol. The van der Waals surface area contributed by atoms with Gasteiger partial charge in [0.1, 0.15) is 5.75 Å². The third-order valence-electron chi connectivity index (χ3n) is 6.48. The van der Waals surface area contributed by atoms with Crippen molar-refractivity contribution in [1.29, 1.82) is 0 Å². The van der Waals surface area contributed by atoms with Gasteiger partial charge in [-0.25, -0.2) is 0 Å². The van der Waals surface area contributed by atoms with E-state index in [2.05, 4.69) is 0 Å². The number of benzene rings is 4. The van der Waals surface area contributed by atoms with Crippen LogP contribution in [0.1, 0.15) is 42.2 Å². The standard InChI is InChI=1S/C30H26N2O4/c1-19-15-20(2)17-22(16-19)28(33)31(23-9-6-10-24(18-23)36-3)13-14-32-29(34)25-11-4-7-21-8-5-12-26(27(21)25)30(32)35/h4-12,15-18H,13-14H2,1-3H3. The fourth-order valence-corrected chi connectivity index (χ4v) is 4.86. The Morgan fingerprint density at radius 2 is 1.44 bits per heavy atom. The van der Waals surface area contributed by atoms with Crippen LogP contribution in [0.2, 0.25) is 0 Å². The fraction of sp³-hybridized carbons (Fsp3) is 0.167. The number of rotatable bonds is 6. The molecule has 0 saturated heterocycles. The van der Waals surface area contributed by atoms with E-state index in [0.29, 0.717) is 33.5 Å². The van der Waals surface area contributed by atoms with Crippen LogP contribution in [0.4, 0.5) is 5.69 Å². The van der Waals surface area contributed by atoms with E-state index < -0.39 is 0 Å². The molecule has 0 spiro atoms. The zero-order chi connectivity index (χ0) is 25.4. The van der Waals surface area contributed by atoms with Crippen molar-refractivity contribution in [3.05, 3.63) is 107 Å². The van der Waals surface area contributed by atoms with E-state index in [0.717, 1.165) is 16.5 Å². The van der Waals surface area contributed by atoms with E-state index in [1.54, 1.807) is 36.3 Å². The first-order valence-electron chi connectivity index (χ1n) is 11.8. The van der Waals surface area contributed by atoms with Crippen LogP contribution in [-0.2, 0) is 0 Å². The van der Waals surface area contributed by atoms with Gasteiger partial charge in [-0.15, -0.1) is 0 Å². The number of carbonyl (C=O) groups is 3. The Balaban J connectivity index is 1.50. The summed E-state index contributed by atoms with van der Waals surface area (Å²) in [4.78, 5) is 43.3. The summed E-state index contributed by atoms with van der Waals surface area (Å²) in [7, 11) is 1.57. The molecule has 6 nitrogen and oxygen atoms in total. The topological polar surface area (TPSA) is 66.9 Å². The highest BCUT2D eigenvalue weighted by atomic mass is 16.5. The molecule has 0 aliphatic carbocycles. The highest BCUT2D eigenvalue weighted by molar-refractivity contribution is 6.25. The lowest BCUT2D eigenvalue weighted by Gasteiger charge is -2.30. The summed E-state index contributed by atoms with van der Waals surface area (Å²) in [5.41, 5.74) is 4.12. The van der Waals surface area contributed by atoms with Crippen LogP contribution in [0.3, 0.4) is 0 Å². The van der Waals surface area contributed by atoms with Crippen molar-refractivity contribution in [3.63, 3.8) is 0 Å². The molecule has 36 heavy (non-hydrogen) atoms. The number of amides is 3. The number of ether oxygens (including phenoxy) is 1. The Morgan fingerprint density at radius 3 is 2.06 bits per heavy atom. The summed E-state index contributed by atoms with van der Waals surface area (Å²) in [5.74, 6) is -0.312. The first-order chi connectivity index (χ1) is 17.4. The summed E-state index contributed by atoms with van der Waals surface area (Å²) >= 11 is 0. The maximum absolute atomic E-state index is 13.7. The molecule has 0 saturated carbocycles. The van der Waals surface area contributed by atoms with E-state index in [4.69, 9.17) is 4.74 Å². The van der Waals surface area contributed by atoms with Crippen molar-refractivity contribution in [1.82, 2.24) is 4.90 Å². The lowest BCUT2D eigenvalue weighted by atomic mass is 9.94. The van der Waals surface area contributed by atoms with Crippen molar-refractivity contribution >= 4 is 34.2 Å². The Bertz CT molecular complexity index is 1450. The molecule has 0 unspecified atom stereocenters. The highest BCUT2D eigenvalue weighted by Gasteiger charge is 2.33. The number of anilines is 1. The van der Waals surface area contributed by atoms with Crippen molar-refractivity contribution < 1.29 is 19.1 Å². The van der Waals surface area contributed by atoms with Crippen LogP contribution >= 0.6 is 0 Å².